The van der Waals surface area contributed by atoms with Crippen LogP contribution in [0.5, 0.6) is 5.75 Å². The van der Waals surface area contributed by atoms with E-state index in [1.165, 1.54) is 19.2 Å². The molecule has 3 rings (SSSR count). The summed E-state index contributed by atoms with van der Waals surface area (Å²) in [6, 6.07) is 8.00. The smallest absolute Gasteiger partial charge is 0.296 e. The number of likely N-dealkylation sites (tertiary alicyclic amines) is 1. The lowest BCUT2D eigenvalue weighted by atomic mass is 9.96. The van der Waals surface area contributed by atoms with Crippen LogP contribution in [0.4, 0.5) is 17.2 Å². The first-order chi connectivity index (χ1) is 15.4. The van der Waals surface area contributed by atoms with Crippen molar-refractivity contribution in [3.8, 4) is 5.75 Å². The molecule has 0 unspecified atom stereocenters. The SMILES string of the molecule is COc1ccc(NC(=O)CCN2CCC(C(=O)Nc3cc(C)ccn3)CC2)c([N+](=O)[O-])c1. The molecule has 0 bridgehead atoms. The van der Waals surface area contributed by atoms with Crippen LogP contribution in [0.25, 0.3) is 0 Å². The number of anilines is 2. The molecule has 0 aliphatic carbocycles. The van der Waals surface area contributed by atoms with Gasteiger partial charge in [0.2, 0.25) is 11.8 Å². The molecule has 2 N–H and O–H groups in total. The normalized spacial score (nSPS) is 14.6. The molecule has 32 heavy (non-hydrogen) atoms. The topological polar surface area (TPSA) is 127 Å². The van der Waals surface area contributed by atoms with E-state index in [0.29, 0.717) is 44.0 Å². The molecule has 0 atom stereocenters. The number of aryl methyl sites for hydroxylation is 1. The zero-order chi connectivity index (χ0) is 23.1. The van der Waals surface area contributed by atoms with E-state index in [2.05, 4.69) is 20.5 Å². The van der Waals surface area contributed by atoms with Crippen molar-refractivity contribution < 1.29 is 19.2 Å². The second-order valence-corrected chi connectivity index (χ2v) is 7.76. The first-order valence-corrected chi connectivity index (χ1v) is 10.4. The molecule has 0 spiro atoms. The molecule has 1 aromatic heterocycles. The van der Waals surface area contributed by atoms with Crippen molar-refractivity contribution in [1.82, 2.24) is 9.88 Å². The molecule has 1 aromatic carbocycles. The van der Waals surface area contributed by atoms with E-state index in [1.54, 1.807) is 12.3 Å². The molecular formula is C22H27N5O5. The maximum Gasteiger partial charge on any atom is 0.296 e. The molecule has 0 saturated carbocycles. The van der Waals surface area contributed by atoms with Gasteiger partial charge in [0.25, 0.3) is 5.69 Å². The minimum absolute atomic E-state index is 0.0349. The van der Waals surface area contributed by atoms with Crippen LogP contribution in [0.1, 0.15) is 24.8 Å². The molecule has 0 radical (unpaired) electrons. The van der Waals surface area contributed by atoms with Crippen LogP contribution in [0.2, 0.25) is 0 Å². The summed E-state index contributed by atoms with van der Waals surface area (Å²) >= 11 is 0. The zero-order valence-electron chi connectivity index (χ0n) is 18.2. The summed E-state index contributed by atoms with van der Waals surface area (Å²) < 4.78 is 5.00. The number of methoxy groups -OCH3 is 1. The zero-order valence-corrected chi connectivity index (χ0v) is 18.2. The highest BCUT2D eigenvalue weighted by molar-refractivity contribution is 5.93. The van der Waals surface area contributed by atoms with Crippen LogP contribution in [0, 0.1) is 23.0 Å². The van der Waals surface area contributed by atoms with Crippen molar-refractivity contribution in [3.63, 3.8) is 0 Å². The second kappa shape index (κ2) is 10.7. The number of carbonyl (C=O) groups is 2. The van der Waals surface area contributed by atoms with Gasteiger partial charge in [-0.15, -0.1) is 0 Å². The number of nitro benzene ring substituents is 1. The summed E-state index contributed by atoms with van der Waals surface area (Å²) in [6.45, 7) is 3.87. The quantitative estimate of drug-likeness (QED) is 0.476. The molecule has 170 valence electrons. The van der Waals surface area contributed by atoms with Crippen LogP contribution in [0.15, 0.2) is 36.5 Å². The van der Waals surface area contributed by atoms with Crippen molar-refractivity contribution in [2.75, 3.05) is 37.4 Å². The molecule has 1 saturated heterocycles. The summed E-state index contributed by atoms with van der Waals surface area (Å²) in [6.07, 6.45) is 3.26. The Kier molecular flexibility index (Phi) is 7.72. The number of nitrogens with zero attached hydrogens (tertiary/aromatic N) is 3. The number of hydrogen-bond acceptors (Lipinski definition) is 7. The predicted octanol–water partition coefficient (Wildman–Crippen LogP) is 2.99. The number of amides is 2. The number of rotatable bonds is 8. The molecule has 10 heteroatoms. The highest BCUT2D eigenvalue weighted by Gasteiger charge is 2.25. The van der Waals surface area contributed by atoms with Gasteiger partial charge >= 0.3 is 0 Å². The monoisotopic (exact) mass is 441 g/mol. The van der Waals surface area contributed by atoms with Crippen LogP contribution >= 0.6 is 0 Å². The summed E-state index contributed by atoms with van der Waals surface area (Å²) in [4.78, 5) is 41.8. The Morgan fingerprint density at radius 1 is 1.22 bits per heavy atom. The number of carbonyl (C=O) groups excluding carboxylic acids is 2. The average Bonchev–Trinajstić information content (AvgIpc) is 2.78. The third-order valence-corrected chi connectivity index (χ3v) is 5.46. The van der Waals surface area contributed by atoms with Gasteiger partial charge < -0.3 is 20.3 Å². The molecular weight excluding hydrogens is 414 g/mol. The van der Waals surface area contributed by atoms with E-state index in [4.69, 9.17) is 4.74 Å². The highest BCUT2D eigenvalue weighted by Crippen LogP contribution is 2.29. The standard InChI is InChI=1S/C22H27N5O5/c1-15-5-9-23-20(13-15)25-22(29)16-6-10-26(11-7-16)12-8-21(28)24-18-4-3-17(32-2)14-19(18)27(30)31/h3-5,9,13-14,16H,6-8,10-12H2,1-2H3,(H,24,28)(H,23,25,29). The lowest BCUT2D eigenvalue weighted by Crippen LogP contribution is -2.39. The Balaban J connectivity index is 1.44. The lowest BCUT2D eigenvalue weighted by Gasteiger charge is -2.31. The van der Waals surface area contributed by atoms with Crippen LogP contribution in [0.3, 0.4) is 0 Å². The Morgan fingerprint density at radius 3 is 2.62 bits per heavy atom. The van der Waals surface area contributed by atoms with Gasteiger partial charge in [-0.3, -0.25) is 19.7 Å². The maximum absolute atomic E-state index is 12.5. The Bertz CT molecular complexity index is 988. The lowest BCUT2D eigenvalue weighted by molar-refractivity contribution is -0.384. The van der Waals surface area contributed by atoms with Gasteiger partial charge in [-0.25, -0.2) is 4.98 Å². The summed E-state index contributed by atoms with van der Waals surface area (Å²) in [5.41, 5.74) is 0.955. The van der Waals surface area contributed by atoms with Gasteiger partial charge in [0.05, 0.1) is 18.1 Å². The maximum atomic E-state index is 12.5. The van der Waals surface area contributed by atoms with Gasteiger partial charge in [-0.05, 0) is 62.7 Å². The van der Waals surface area contributed by atoms with E-state index in [0.717, 1.165) is 5.56 Å². The Morgan fingerprint density at radius 2 is 1.97 bits per heavy atom. The van der Waals surface area contributed by atoms with Gasteiger partial charge in [0, 0.05) is 25.1 Å². The highest BCUT2D eigenvalue weighted by atomic mass is 16.6. The molecule has 10 nitrogen and oxygen atoms in total. The van der Waals surface area contributed by atoms with Crippen LogP contribution in [-0.2, 0) is 9.59 Å². The fourth-order valence-corrected chi connectivity index (χ4v) is 3.62. The molecule has 1 fully saturated rings. The van der Waals surface area contributed by atoms with Gasteiger partial charge in [-0.1, -0.05) is 0 Å². The number of pyridine rings is 1. The van der Waals surface area contributed by atoms with Crippen LogP contribution in [-0.4, -0.2) is 53.4 Å². The second-order valence-electron chi connectivity index (χ2n) is 7.76. The van der Waals surface area contributed by atoms with Crippen LogP contribution < -0.4 is 15.4 Å². The van der Waals surface area contributed by atoms with Gasteiger partial charge in [0.15, 0.2) is 0 Å². The van der Waals surface area contributed by atoms with E-state index in [9.17, 15) is 19.7 Å². The Hall–Kier alpha value is -3.53. The third kappa shape index (κ3) is 6.24. The van der Waals surface area contributed by atoms with E-state index in [-0.39, 0.29) is 35.5 Å². The molecule has 2 heterocycles. The summed E-state index contributed by atoms with van der Waals surface area (Å²) in [5.74, 6) is 0.474. The largest absolute Gasteiger partial charge is 0.496 e. The minimum atomic E-state index is -0.555. The Labute approximate surface area is 186 Å². The summed E-state index contributed by atoms with van der Waals surface area (Å²) in [5, 5.41) is 16.7. The number of benzene rings is 1. The van der Waals surface area contributed by atoms with E-state index in [1.807, 2.05) is 19.1 Å². The van der Waals surface area contributed by atoms with Crippen molar-refractivity contribution in [2.24, 2.45) is 5.92 Å². The van der Waals surface area contributed by atoms with Crippen molar-refractivity contribution in [2.45, 2.75) is 26.2 Å². The molecule has 1 aliphatic rings. The molecule has 1 aliphatic heterocycles. The van der Waals surface area contributed by atoms with Crippen molar-refractivity contribution in [3.05, 3.63) is 52.2 Å². The number of piperidine rings is 1. The summed E-state index contributed by atoms with van der Waals surface area (Å²) in [7, 11) is 1.42. The fraction of sp³-hybridized carbons (Fsp3) is 0.409. The van der Waals surface area contributed by atoms with Gasteiger partial charge in [-0.2, -0.15) is 0 Å². The number of nitrogens with one attached hydrogen (secondary N) is 2. The first-order valence-electron chi connectivity index (χ1n) is 10.4. The number of hydrogen-bond donors (Lipinski definition) is 2. The fourth-order valence-electron chi connectivity index (χ4n) is 3.62. The number of ether oxygens (including phenoxy) is 1. The first kappa shape index (κ1) is 23.1. The van der Waals surface area contributed by atoms with Crippen molar-refractivity contribution >= 4 is 29.0 Å². The number of nitro groups is 1. The third-order valence-electron chi connectivity index (χ3n) is 5.46. The van der Waals surface area contributed by atoms with Gasteiger partial charge in [0.1, 0.15) is 17.3 Å². The van der Waals surface area contributed by atoms with Crippen molar-refractivity contribution in [1.29, 1.82) is 0 Å². The van der Waals surface area contributed by atoms with E-state index < -0.39 is 4.92 Å². The molecule has 2 aromatic rings. The minimum Gasteiger partial charge on any atom is -0.496 e. The molecule has 2 amide bonds. The van der Waals surface area contributed by atoms with E-state index >= 15 is 0 Å². The predicted molar refractivity (Wildman–Crippen MR) is 120 cm³/mol. The number of aromatic nitrogens is 1. The average molecular weight is 441 g/mol.